The van der Waals surface area contributed by atoms with Crippen LogP contribution in [0.4, 0.5) is 0 Å². The molecule has 0 aliphatic heterocycles. The van der Waals surface area contributed by atoms with Crippen molar-refractivity contribution in [3.8, 4) is 5.75 Å². The largest absolute Gasteiger partial charge is 2.00 e. The zero-order valence-electron chi connectivity index (χ0n) is 19.8. The normalized spacial score (nSPS) is 12.8. The fourth-order valence-electron chi connectivity index (χ4n) is 3.00. The second-order valence-corrected chi connectivity index (χ2v) is 7.65. The fraction of sp³-hybridized carbons (Fsp3) is 0.333. The third-order valence-corrected chi connectivity index (χ3v) is 5.63. The third-order valence-electron chi connectivity index (χ3n) is 4.95. The van der Waals surface area contributed by atoms with Gasteiger partial charge in [-0.15, -0.1) is 10.2 Å². The molecule has 2 aromatic rings. The van der Waals surface area contributed by atoms with E-state index >= 15 is 0 Å². The number of rotatable bonds is 9. The molecule has 0 unspecified atom stereocenters. The van der Waals surface area contributed by atoms with Gasteiger partial charge in [0.2, 0.25) is 0 Å². The van der Waals surface area contributed by atoms with E-state index in [9.17, 15) is 5.11 Å². The number of nitrogens with zero attached hydrogens (tertiary/aromatic N) is 6. The van der Waals surface area contributed by atoms with Crippen molar-refractivity contribution >= 4 is 47.0 Å². The monoisotopic (exact) mass is 545 g/mol. The zero-order valence-corrected chi connectivity index (χ0v) is 22.3. The molecular formula is C24H30CuN6OS2. The van der Waals surface area contributed by atoms with Gasteiger partial charge in [0, 0.05) is 47.6 Å². The van der Waals surface area contributed by atoms with Crippen LogP contribution in [0.15, 0.2) is 75.0 Å². The first-order valence-electron chi connectivity index (χ1n) is 10.9. The maximum Gasteiger partial charge on any atom is 2.00 e. The van der Waals surface area contributed by atoms with Crippen LogP contribution in [-0.2, 0) is 42.3 Å². The van der Waals surface area contributed by atoms with E-state index in [0.717, 1.165) is 31.7 Å². The molecule has 185 valence electrons. The zero-order chi connectivity index (χ0) is 24.2. The van der Waals surface area contributed by atoms with Crippen LogP contribution in [0.3, 0.4) is 0 Å². The molecule has 0 saturated carbocycles. The van der Waals surface area contributed by atoms with Crippen molar-refractivity contribution in [2.45, 2.75) is 27.7 Å². The first kappa shape index (κ1) is 29.5. The van der Waals surface area contributed by atoms with Gasteiger partial charge in [-0.3, -0.25) is 0 Å². The molecule has 0 atom stereocenters. The Balaban J connectivity index is 0.00000578. The number of aromatic hydroxyl groups is 1. The topological polar surface area (TPSA) is 76.2 Å². The smallest absolute Gasteiger partial charge is 0.741 e. The SMILES string of the molecule is CCN(CC)C([S-])=NN=C(C(=NN=C([S-])N(CC)CC)c1ccc(O)cc1)c1ccccc1.[Cu+2]. The van der Waals surface area contributed by atoms with Crippen molar-refractivity contribution in [1.82, 2.24) is 9.80 Å². The summed E-state index contributed by atoms with van der Waals surface area (Å²) in [6, 6.07) is 16.3. The van der Waals surface area contributed by atoms with Crippen molar-refractivity contribution in [3.63, 3.8) is 0 Å². The van der Waals surface area contributed by atoms with E-state index in [1.165, 1.54) is 0 Å². The summed E-state index contributed by atoms with van der Waals surface area (Å²) in [7, 11) is 0. The molecule has 0 aliphatic carbocycles. The maximum atomic E-state index is 9.78. The second-order valence-electron chi connectivity index (χ2n) is 6.92. The van der Waals surface area contributed by atoms with E-state index in [-0.39, 0.29) is 22.8 Å². The molecule has 0 fully saturated rings. The van der Waals surface area contributed by atoms with E-state index in [0.29, 0.717) is 27.3 Å². The molecule has 10 heteroatoms. The number of phenolic OH excluding ortho intramolecular Hbond substituents is 1. The van der Waals surface area contributed by atoms with Crippen LogP contribution >= 0.6 is 0 Å². The second kappa shape index (κ2) is 15.4. The number of hydrogen-bond donors (Lipinski definition) is 1. The molecule has 2 rings (SSSR count). The molecule has 2 aromatic carbocycles. The van der Waals surface area contributed by atoms with Crippen LogP contribution in [-0.4, -0.2) is 62.8 Å². The van der Waals surface area contributed by atoms with Gasteiger partial charge >= 0.3 is 17.1 Å². The summed E-state index contributed by atoms with van der Waals surface area (Å²) in [4.78, 5) is 3.88. The standard InChI is InChI=1S/C24H32N6OS2.Cu/c1-5-29(6-2)23(32)27-25-21(18-12-10-9-11-13-18)22(19-14-16-20(31)17-15-19)26-28-24(33)30(7-3)8-4;/h9-17,31H,5-8H2,1-4H3,(H,27,32)(H,28,33);/q;+2/p-2. The molecule has 0 bridgehead atoms. The number of phenols is 1. The van der Waals surface area contributed by atoms with Crippen LogP contribution in [0.2, 0.25) is 0 Å². The average Bonchev–Trinajstić information content (AvgIpc) is 2.84. The first-order valence-corrected chi connectivity index (χ1v) is 11.8. The molecule has 0 amide bonds. The van der Waals surface area contributed by atoms with Crippen molar-refractivity contribution in [3.05, 3.63) is 65.7 Å². The molecule has 1 N–H and O–H groups in total. The van der Waals surface area contributed by atoms with Gasteiger partial charge in [0.15, 0.2) is 0 Å². The molecule has 0 spiro atoms. The van der Waals surface area contributed by atoms with Gasteiger partial charge in [0.05, 0.1) is 0 Å². The van der Waals surface area contributed by atoms with Crippen molar-refractivity contribution in [1.29, 1.82) is 0 Å². The van der Waals surface area contributed by atoms with E-state index < -0.39 is 0 Å². The summed E-state index contributed by atoms with van der Waals surface area (Å²) in [5.41, 5.74) is 2.49. The number of amidine groups is 2. The summed E-state index contributed by atoms with van der Waals surface area (Å²) < 4.78 is 0. The molecule has 0 aliphatic rings. The van der Waals surface area contributed by atoms with E-state index in [2.05, 4.69) is 20.4 Å². The molecule has 7 nitrogen and oxygen atoms in total. The predicted molar refractivity (Wildman–Crippen MR) is 143 cm³/mol. The van der Waals surface area contributed by atoms with Gasteiger partial charge in [-0.05, 0) is 52.0 Å². The average molecular weight is 546 g/mol. The van der Waals surface area contributed by atoms with Gasteiger partial charge in [0.1, 0.15) is 17.2 Å². The van der Waals surface area contributed by atoms with E-state index in [1.54, 1.807) is 24.3 Å². The Morgan fingerprint density at radius 2 is 1.03 bits per heavy atom. The quantitative estimate of drug-likeness (QED) is 0.169. The minimum Gasteiger partial charge on any atom is -0.741 e. The summed E-state index contributed by atoms with van der Waals surface area (Å²) in [5.74, 6) is 0.152. The summed E-state index contributed by atoms with van der Waals surface area (Å²) in [5, 5.41) is 28.2. The van der Waals surface area contributed by atoms with Gasteiger partial charge in [-0.2, -0.15) is 10.2 Å². The fourth-order valence-corrected chi connectivity index (χ4v) is 3.60. The Kier molecular flexibility index (Phi) is 13.4. The maximum absolute atomic E-state index is 9.78. The minimum atomic E-state index is 0. The Labute approximate surface area is 224 Å². The van der Waals surface area contributed by atoms with Gasteiger partial charge in [-0.25, -0.2) is 0 Å². The van der Waals surface area contributed by atoms with E-state index in [4.69, 9.17) is 25.3 Å². The minimum absolute atomic E-state index is 0. The molecule has 0 saturated heterocycles. The van der Waals surface area contributed by atoms with Gasteiger partial charge in [-0.1, -0.05) is 30.3 Å². The van der Waals surface area contributed by atoms with Crippen LogP contribution in [0.1, 0.15) is 38.8 Å². The van der Waals surface area contributed by atoms with Crippen LogP contribution < -0.4 is 0 Å². The van der Waals surface area contributed by atoms with Crippen molar-refractivity contribution in [2.24, 2.45) is 20.4 Å². The molecule has 0 heterocycles. The van der Waals surface area contributed by atoms with Crippen molar-refractivity contribution in [2.75, 3.05) is 26.2 Å². The van der Waals surface area contributed by atoms with E-state index in [1.807, 2.05) is 67.8 Å². The Morgan fingerprint density at radius 3 is 1.41 bits per heavy atom. The Morgan fingerprint density at radius 1 is 0.647 bits per heavy atom. The number of hydrogen-bond acceptors (Lipinski definition) is 7. The third kappa shape index (κ3) is 8.36. The van der Waals surface area contributed by atoms with Crippen LogP contribution in [0, 0.1) is 0 Å². The molecular weight excluding hydrogens is 516 g/mol. The van der Waals surface area contributed by atoms with Gasteiger partial charge in [0.25, 0.3) is 0 Å². The summed E-state index contributed by atoms with van der Waals surface area (Å²) in [6.07, 6.45) is 0. The number of benzene rings is 2. The predicted octanol–water partition coefficient (Wildman–Crippen LogP) is 3.99. The Hall–Kier alpha value is -2.52. The van der Waals surface area contributed by atoms with Crippen LogP contribution in [0.25, 0.3) is 0 Å². The van der Waals surface area contributed by atoms with Crippen LogP contribution in [0.5, 0.6) is 5.75 Å². The van der Waals surface area contributed by atoms with Gasteiger partial charge < -0.3 is 40.2 Å². The first-order chi connectivity index (χ1) is 15.9. The Bertz CT molecular complexity index is 1000. The molecule has 0 aromatic heterocycles. The molecule has 34 heavy (non-hydrogen) atoms. The molecule has 1 radical (unpaired) electrons. The summed E-state index contributed by atoms with van der Waals surface area (Å²) in [6.45, 7) is 11.0. The van der Waals surface area contributed by atoms with Crippen molar-refractivity contribution < 1.29 is 22.2 Å². The summed E-state index contributed by atoms with van der Waals surface area (Å²) >= 11 is 10.9.